The molecule has 2 aliphatic heterocycles. The van der Waals surface area contributed by atoms with Crippen LogP contribution in [-0.2, 0) is 29.0 Å². The second kappa shape index (κ2) is 13.3. The van der Waals surface area contributed by atoms with Crippen LogP contribution in [0.2, 0.25) is 0 Å². The Bertz CT molecular complexity index is 1350. The van der Waals surface area contributed by atoms with Gasteiger partial charge in [-0.05, 0) is 55.7 Å². The summed E-state index contributed by atoms with van der Waals surface area (Å²) in [6, 6.07) is 12.4. The molecule has 11 nitrogen and oxygen atoms in total. The van der Waals surface area contributed by atoms with Crippen molar-refractivity contribution in [3.63, 3.8) is 0 Å². The number of carboxylic acids is 1. The van der Waals surface area contributed by atoms with Crippen molar-refractivity contribution in [2.24, 2.45) is 0 Å². The van der Waals surface area contributed by atoms with Gasteiger partial charge in [-0.3, -0.25) is 0 Å². The van der Waals surface area contributed by atoms with Crippen LogP contribution in [0.4, 0.5) is 22.2 Å². The zero-order valence-electron chi connectivity index (χ0n) is 23.3. The summed E-state index contributed by atoms with van der Waals surface area (Å²) in [5.74, 6) is 1.18. The van der Waals surface area contributed by atoms with E-state index in [1.165, 1.54) is 11.9 Å². The monoisotopic (exact) mass is 559 g/mol. The molecule has 0 radical (unpaired) electrons. The number of hydrogen-bond donors (Lipinski definition) is 4. The predicted octanol–water partition coefficient (Wildman–Crippen LogP) is 4.32. The van der Waals surface area contributed by atoms with Gasteiger partial charge in [-0.1, -0.05) is 43.3 Å². The molecule has 0 spiro atoms. The molecule has 2 aromatic heterocycles. The number of benzene rings is 1. The number of nitrogens with zero attached hydrogens (tertiary/aromatic N) is 4. The molecule has 4 heterocycles. The van der Waals surface area contributed by atoms with Gasteiger partial charge < -0.3 is 30.7 Å². The third-order valence-corrected chi connectivity index (χ3v) is 7.58. The smallest absolute Gasteiger partial charge is 0.408 e. The maximum atomic E-state index is 12.3. The summed E-state index contributed by atoms with van der Waals surface area (Å²) in [6.45, 7) is 3.79. The Kier molecular flexibility index (Phi) is 9.12. The number of piperidine rings is 1. The average molecular weight is 560 g/mol. The summed E-state index contributed by atoms with van der Waals surface area (Å²) >= 11 is 0. The fraction of sp³-hybridized carbons (Fsp3) is 0.433. The SMILES string of the molecule is CCc1c(NCC(NC(=O)OCc2ccccc2)C(=O)O)ncnc1N1CCCCC1c1ccc2c(n1)NCCC2. The molecule has 0 aliphatic carbocycles. The molecule has 216 valence electrons. The lowest BCUT2D eigenvalue weighted by atomic mass is 9.96. The fourth-order valence-corrected chi connectivity index (χ4v) is 5.46. The van der Waals surface area contributed by atoms with Gasteiger partial charge in [0.25, 0.3) is 0 Å². The van der Waals surface area contributed by atoms with Gasteiger partial charge in [-0.2, -0.15) is 0 Å². The summed E-state index contributed by atoms with van der Waals surface area (Å²) in [5.41, 5.74) is 3.99. The molecule has 2 atom stereocenters. The van der Waals surface area contributed by atoms with Gasteiger partial charge in [0, 0.05) is 25.2 Å². The summed E-state index contributed by atoms with van der Waals surface area (Å²) in [5, 5.41) is 18.8. The topological polar surface area (TPSA) is 142 Å². The van der Waals surface area contributed by atoms with E-state index in [1.54, 1.807) is 0 Å². The summed E-state index contributed by atoms with van der Waals surface area (Å²) in [6.07, 6.45) is 6.63. The molecule has 1 amide bonds. The molecule has 0 saturated carbocycles. The van der Waals surface area contributed by atoms with Crippen molar-refractivity contribution < 1.29 is 19.4 Å². The van der Waals surface area contributed by atoms with E-state index < -0.39 is 18.1 Å². The third-order valence-electron chi connectivity index (χ3n) is 7.58. The van der Waals surface area contributed by atoms with Crippen LogP contribution in [0.15, 0.2) is 48.8 Å². The van der Waals surface area contributed by atoms with E-state index in [0.717, 1.165) is 73.7 Å². The highest BCUT2D eigenvalue weighted by molar-refractivity contribution is 5.80. The third kappa shape index (κ3) is 6.85. The maximum absolute atomic E-state index is 12.3. The number of fused-ring (bicyclic) bond motifs is 1. The molecule has 2 aliphatic rings. The van der Waals surface area contributed by atoms with Crippen LogP contribution in [0, 0.1) is 0 Å². The number of aliphatic carboxylic acids is 1. The lowest BCUT2D eigenvalue weighted by Crippen LogP contribution is -2.45. The first-order valence-corrected chi connectivity index (χ1v) is 14.3. The van der Waals surface area contributed by atoms with Gasteiger partial charge in [0.1, 0.15) is 36.4 Å². The van der Waals surface area contributed by atoms with Gasteiger partial charge in [-0.25, -0.2) is 24.5 Å². The van der Waals surface area contributed by atoms with Crippen LogP contribution in [0.5, 0.6) is 0 Å². The summed E-state index contributed by atoms with van der Waals surface area (Å²) in [4.78, 5) is 40.7. The normalized spacial score (nSPS) is 17.1. The van der Waals surface area contributed by atoms with Gasteiger partial charge in [0.2, 0.25) is 0 Å². The predicted molar refractivity (Wildman–Crippen MR) is 156 cm³/mol. The Morgan fingerprint density at radius 3 is 2.80 bits per heavy atom. The number of rotatable bonds is 10. The van der Waals surface area contributed by atoms with E-state index in [4.69, 9.17) is 9.72 Å². The van der Waals surface area contributed by atoms with Crippen molar-refractivity contribution in [2.75, 3.05) is 35.2 Å². The Hall–Kier alpha value is -4.41. The fourth-order valence-electron chi connectivity index (χ4n) is 5.46. The first-order chi connectivity index (χ1) is 20.0. The van der Waals surface area contributed by atoms with Crippen LogP contribution in [-0.4, -0.2) is 57.8 Å². The molecule has 41 heavy (non-hydrogen) atoms. The van der Waals surface area contributed by atoms with E-state index in [0.29, 0.717) is 12.2 Å². The number of anilines is 3. The Morgan fingerprint density at radius 1 is 1.15 bits per heavy atom. The Morgan fingerprint density at radius 2 is 2.00 bits per heavy atom. The van der Waals surface area contributed by atoms with E-state index in [9.17, 15) is 14.7 Å². The van der Waals surface area contributed by atoms with E-state index in [-0.39, 0.29) is 19.2 Å². The Balaban J connectivity index is 1.29. The highest BCUT2D eigenvalue weighted by Crippen LogP contribution is 2.37. The minimum absolute atomic E-state index is 0.0494. The molecule has 1 aromatic carbocycles. The largest absolute Gasteiger partial charge is 0.480 e. The number of carbonyl (C=O) groups excluding carboxylic acids is 1. The summed E-state index contributed by atoms with van der Waals surface area (Å²) < 4.78 is 5.21. The zero-order chi connectivity index (χ0) is 28.6. The number of nitrogens with one attached hydrogen (secondary N) is 3. The van der Waals surface area contributed by atoms with Crippen molar-refractivity contribution in [2.45, 2.75) is 64.1 Å². The first kappa shape index (κ1) is 28.1. The number of alkyl carbamates (subject to hydrolysis) is 1. The molecule has 1 fully saturated rings. The van der Waals surface area contributed by atoms with E-state index >= 15 is 0 Å². The summed E-state index contributed by atoms with van der Waals surface area (Å²) in [7, 11) is 0. The lowest BCUT2D eigenvalue weighted by Gasteiger charge is -2.38. The van der Waals surface area contributed by atoms with Crippen LogP contribution in [0.3, 0.4) is 0 Å². The number of carboxylic acid groups (broad SMARTS) is 1. The second-order valence-electron chi connectivity index (χ2n) is 10.3. The van der Waals surface area contributed by atoms with Crippen LogP contribution in [0.25, 0.3) is 0 Å². The second-order valence-corrected chi connectivity index (χ2v) is 10.3. The average Bonchev–Trinajstić information content (AvgIpc) is 3.02. The highest BCUT2D eigenvalue weighted by atomic mass is 16.5. The molecular weight excluding hydrogens is 522 g/mol. The minimum atomic E-state index is -1.21. The maximum Gasteiger partial charge on any atom is 0.408 e. The van der Waals surface area contributed by atoms with Crippen LogP contribution >= 0.6 is 0 Å². The molecule has 4 N–H and O–H groups in total. The number of aryl methyl sites for hydroxylation is 1. The van der Waals surface area contributed by atoms with Gasteiger partial charge in [0.15, 0.2) is 0 Å². The molecule has 11 heteroatoms. The van der Waals surface area contributed by atoms with Crippen molar-refractivity contribution in [3.05, 3.63) is 71.2 Å². The van der Waals surface area contributed by atoms with E-state index in [1.807, 2.05) is 37.3 Å². The van der Waals surface area contributed by atoms with Gasteiger partial charge >= 0.3 is 12.1 Å². The van der Waals surface area contributed by atoms with Crippen LogP contribution in [0.1, 0.15) is 61.0 Å². The Labute approximate surface area is 239 Å². The van der Waals surface area contributed by atoms with Crippen molar-refractivity contribution in [1.29, 1.82) is 0 Å². The van der Waals surface area contributed by atoms with Crippen molar-refractivity contribution >= 4 is 29.5 Å². The first-order valence-electron chi connectivity index (χ1n) is 14.3. The number of hydrogen-bond acceptors (Lipinski definition) is 9. The number of ether oxygens (including phenoxy) is 1. The van der Waals surface area contributed by atoms with Gasteiger partial charge in [0.05, 0.1) is 11.7 Å². The zero-order valence-corrected chi connectivity index (χ0v) is 23.3. The van der Waals surface area contributed by atoms with E-state index in [2.05, 4.69) is 43.0 Å². The van der Waals surface area contributed by atoms with Crippen LogP contribution < -0.4 is 20.9 Å². The minimum Gasteiger partial charge on any atom is -0.480 e. The lowest BCUT2D eigenvalue weighted by molar-refractivity contribution is -0.139. The molecule has 5 rings (SSSR count). The van der Waals surface area contributed by atoms with Crippen molar-refractivity contribution in [3.8, 4) is 0 Å². The molecular formula is C30H37N7O4. The molecule has 0 bridgehead atoms. The number of pyridine rings is 1. The quantitative estimate of drug-likeness (QED) is 0.284. The molecule has 3 aromatic rings. The number of amides is 1. The number of aromatic nitrogens is 3. The standard InChI is InChI=1S/C30H37N7O4/c1-2-22-27(32-17-24(29(38)39)36-30(40)41-18-20-9-4-3-5-10-20)33-19-34-28(22)37-16-7-6-12-25(37)23-14-13-21-11-8-15-31-26(21)35-23/h3-5,9-10,13-14,19,24-25H,2,6-8,11-12,15-18H2,1H3,(H,31,35)(H,36,40)(H,38,39)(H,32,33,34). The molecule has 1 saturated heterocycles. The van der Waals surface area contributed by atoms with Gasteiger partial charge in [-0.15, -0.1) is 0 Å². The highest BCUT2D eigenvalue weighted by Gasteiger charge is 2.30. The van der Waals surface area contributed by atoms with Crippen molar-refractivity contribution in [1.82, 2.24) is 20.3 Å². The number of carbonyl (C=O) groups is 2. The molecule has 2 unspecified atom stereocenters.